The maximum Gasteiger partial charge on any atom is 0.245 e. The Morgan fingerprint density at radius 3 is 2.30 bits per heavy atom. The average molecular weight is 522 g/mol. The molecule has 1 atom stereocenters. The standard InChI is InChI=1S/C28H31N3O5S/c1-34-25-14-15-26(35-2)27(19-25)37(32,33)30-28-5-3-16-31(28)17-4-18-36-24-12-10-23(11-13-24)22-8-6-21(20-29)7-9-22/h6-15,19,28,30H,3-5,16-18H2,1-2H3. The predicted octanol–water partition coefficient (Wildman–Crippen LogP) is 4.41. The van der Waals surface area contributed by atoms with E-state index in [1.54, 1.807) is 24.3 Å². The summed E-state index contributed by atoms with van der Waals surface area (Å²) in [5.41, 5.74) is 2.73. The lowest BCUT2D eigenvalue weighted by molar-refractivity contribution is 0.213. The molecule has 1 fully saturated rings. The van der Waals surface area contributed by atoms with Crippen LogP contribution in [0.4, 0.5) is 0 Å². The Morgan fingerprint density at radius 2 is 1.65 bits per heavy atom. The van der Waals surface area contributed by atoms with Crippen LogP contribution in [0.2, 0.25) is 0 Å². The molecule has 194 valence electrons. The van der Waals surface area contributed by atoms with Crippen molar-refractivity contribution >= 4 is 10.0 Å². The highest BCUT2D eigenvalue weighted by Crippen LogP contribution is 2.29. The number of likely N-dealkylation sites (tertiary alicyclic amines) is 1. The molecule has 1 aliphatic heterocycles. The Kier molecular flexibility index (Phi) is 8.66. The molecular weight excluding hydrogens is 490 g/mol. The molecule has 0 aromatic heterocycles. The molecule has 0 spiro atoms. The first-order chi connectivity index (χ1) is 17.9. The van der Waals surface area contributed by atoms with Gasteiger partial charge in [-0.3, -0.25) is 4.90 Å². The first-order valence-electron chi connectivity index (χ1n) is 12.2. The quantitative estimate of drug-likeness (QED) is 0.373. The van der Waals surface area contributed by atoms with Gasteiger partial charge in [-0.1, -0.05) is 24.3 Å². The second-order valence-corrected chi connectivity index (χ2v) is 10.4. The van der Waals surface area contributed by atoms with Gasteiger partial charge in [0.2, 0.25) is 10.0 Å². The van der Waals surface area contributed by atoms with Crippen LogP contribution in [-0.4, -0.2) is 53.4 Å². The number of nitrogens with one attached hydrogen (secondary N) is 1. The number of methoxy groups -OCH3 is 2. The third kappa shape index (κ3) is 6.60. The molecule has 1 heterocycles. The Hall–Kier alpha value is -3.58. The van der Waals surface area contributed by atoms with Gasteiger partial charge in [-0.15, -0.1) is 0 Å². The van der Waals surface area contributed by atoms with Gasteiger partial charge < -0.3 is 14.2 Å². The molecule has 0 saturated carbocycles. The number of benzene rings is 3. The number of hydrogen-bond acceptors (Lipinski definition) is 7. The van der Waals surface area contributed by atoms with E-state index in [-0.39, 0.29) is 16.8 Å². The smallest absolute Gasteiger partial charge is 0.245 e. The van der Waals surface area contributed by atoms with Crippen molar-refractivity contribution in [2.24, 2.45) is 0 Å². The minimum absolute atomic E-state index is 0.0639. The van der Waals surface area contributed by atoms with Crippen molar-refractivity contribution in [3.63, 3.8) is 0 Å². The zero-order valence-electron chi connectivity index (χ0n) is 21.0. The van der Waals surface area contributed by atoms with E-state index in [1.807, 2.05) is 36.4 Å². The van der Waals surface area contributed by atoms with Crippen molar-refractivity contribution in [2.45, 2.75) is 30.3 Å². The molecule has 0 aliphatic carbocycles. The van der Waals surface area contributed by atoms with E-state index in [0.717, 1.165) is 42.7 Å². The van der Waals surface area contributed by atoms with Crippen LogP contribution in [0.25, 0.3) is 11.1 Å². The van der Waals surface area contributed by atoms with E-state index < -0.39 is 10.0 Å². The maximum atomic E-state index is 13.1. The van der Waals surface area contributed by atoms with Gasteiger partial charge in [-0.25, -0.2) is 8.42 Å². The molecular formula is C28H31N3O5S. The van der Waals surface area contributed by atoms with Crippen molar-refractivity contribution in [1.82, 2.24) is 9.62 Å². The number of rotatable bonds is 11. The van der Waals surface area contributed by atoms with E-state index in [2.05, 4.69) is 15.7 Å². The van der Waals surface area contributed by atoms with Crippen molar-refractivity contribution < 1.29 is 22.6 Å². The number of ether oxygens (including phenoxy) is 3. The Balaban J connectivity index is 1.29. The molecule has 9 heteroatoms. The topological polar surface area (TPSA) is 101 Å². The number of nitrogens with zero attached hydrogens (tertiary/aromatic N) is 2. The van der Waals surface area contributed by atoms with Gasteiger partial charge in [0.25, 0.3) is 0 Å². The molecule has 3 aromatic carbocycles. The Labute approximate surface area is 218 Å². The zero-order valence-corrected chi connectivity index (χ0v) is 21.8. The summed E-state index contributed by atoms with van der Waals surface area (Å²) in [5, 5.41) is 8.95. The van der Waals surface area contributed by atoms with Gasteiger partial charge in [-0.2, -0.15) is 9.98 Å². The van der Waals surface area contributed by atoms with Crippen molar-refractivity contribution in [1.29, 1.82) is 5.26 Å². The summed E-state index contributed by atoms with van der Waals surface area (Å²) in [6, 6.07) is 22.2. The second-order valence-electron chi connectivity index (χ2n) is 8.75. The molecule has 3 aromatic rings. The highest BCUT2D eigenvalue weighted by atomic mass is 32.2. The summed E-state index contributed by atoms with van der Waals surface area (Å²) in [6.45, 7) is 2.06. The fraction of sp³-hybridized carbons (Fsp3) is 0.321. The molecule has 8 nitrogen and oxygen atoms in total. The van der Waals surface area contributed by atoms with Crippen molar-refractivity contribution in [2.75, 3.05) is 33.9 Å². The molecule has 4 rings (SSSR count). The van der Waals surface area contributed by atoms with Crippen molar-refractivity contribution in [3.05, 3.63) is 72.3 Å². The van der Waals surface area contributed by atoms with Crippen LogP contribution >= 0.6 is 0 Å². The maximum absolute atomic E-state index is 13.1. The minimum Gasteiger partial charge on any atom is -0.497 e. The Morgan fingerprint density at radius 1 is 0.973 bits per heavy atom. The summed E-state index contributed by atoms with van der Waals surface area (Å²) in [4.78, 5) is 2.20. The van der Waals surface area contributed by atoms with Crippen LogP contribution in [-0.2, 0) is 10.0 Å². The van der Waals surface area contributed by atoms with Crippen LogP contribution in [0.3, 0.4) is 0 Å². The summed E-state index contributed by atoms with van der Waals surface area (Å²) in [6.07, 6.45) is 2.13. The van der Waals surface area contributed by atoms with Gasteiger partial charge in [0.05, 0.1) is 38.6 Å². The van der Waals surface area contributed by atoms with Gasteiger partial charge in [-0.05, 0) is 73.3 Å². The summed E-state index contributed by atoms with van der Waals surface area (Å²) in [7, 11) is -0.856. The second kappa shape index (κ2) is 12.1. The SMILES string of the molecule is COc1ccc(OC)c(S(=O)(=O)NC2CCCN2CCCOc2ccc(-c3ccc(C#N)cc3)cc2)c1. The number of hydrogen-bond donors (Lipinski definition) is 1. The summed E-state index contributed by atoms with van der Waals surface area (Å²) >= 11 is 0. The zero-order chi connectivity index (χ0) is 26.3. The monoisotopic (exact) mass is 521 g/mol. The highest BCUT2D eigenvalue weighted by molar-refractivity contribution is 7.89. The molecule has 0 bridgehead atoms. The van der Waals surface area contributed by atoms with Gasteiger partial charge in [0, 0.05) is 12.6 Å². The summed E-state index contributed by atoms with van der Waals surface area (Å²) in [5.74, 6) is 1.50. The van der Waals surface area contributed by atoms with E-state index >= 15 is 0 Å². The number of nitriles is 1. The third-order valence-electron chi connectivity index (χ3n) is 6.38. The van der Waals surface area contributed by atoms with E-state index in [9.17, 15) is 8.42 Å². The number of sulfonamides is 1. The van der Waals surface area contributed by atoms with Gasteiger partial charge >= 0.3 is 0 Å². The highest BCUT2D eigenvalue weighted by Gasteiger charge is 2.30. The lowest BCUT2D eigenvalue weighted by Gasteiger charge is -2.25. The van der Waals surface area contributed by atoms with E-state index in [0.29, 0.717) is 24.5 Å². The largest absolute Gasteiger partial charge is 0.497 e. The predicted molar refractivity (Wildman–Crippen MR) is 141 cm³/mol. The molecule has 37 heavy (non-hydrogen) atoms. The first-order valence-corrected chi connectivity index (χ1v) is 13.6. The van der Waals surface area contributed by atoms with Crippen LogP contribution in [0.15, 0.2) is 71.6 Å². The third-order valence-corrected chi connectivity index (χ3v) is 7.86. The molecule has 1 unspecified atom stereocenters. The van der Waals surface area contributed by atoms with Gasteiger partial charge in [0.1, 0.15) is 22.1 Å². The van der Waals surface area contributed by atoms with Crippen LogP contribution < -0.4 is 18.9 Å². The lowest BCUT2D eigenvalue weighted by Crippen LogP contribution is -2.44. The minimum atomic E-state index is -3.80. The van der Waals surface area contributed by atoms with Gasteiger partial charge in [0.15, 0.2) is 0 Å². The van der Waals surface area contributed by atoms with E-state index in [1.165, 1.54) is 20.3 Å². The van der Waals surface area contributed by atoms with Crippen LogP contribution in [0, 0.1) is 11.3 Å². The molecule has 1 N–H and O–H groups in total. The molecule has 0 amide bonds. The fourth-order valence-corrected chi connectivity index (χ4v) is 5.84. The molecule has 0 radical (unpaired) electrons. The fourth-order valence-electron chi connectivity index (χ4n) is 4.40. The summed E-state index contributed by atoms with van der Waals surface area (Å²) < 4.78 is 45.5. The first kappa shape index (κ1) is 26.5. The average Bonchev–Trinajstić information content (AvgIpc) is 3.37. The normalized spacial score (nSPS) is 15.8. The van der Waals surface area contributed by atoms with Crippen molar-refractivity contribution in [3.8, 4) is 34.4 Å². The molecule has 1 saturated heterocycles. The van der Waals surface area contributed by atoms with Crippen LogP contribution in [0.1, 0.15) is 24.8 Å². The molecule has 1 aliphatic rings. The lowest BCUT2D eigenvalue weighted by atomic mass is 10.0. The van der Waals surface area contributed by atoms with E-state index in [4.69, 9.17) is 19.5 Å². The Bertz CT molecular complexity index is 1340. The van der Waals surface area contributed by atoms with Crippen LogP contribution in [0.5, 0.6) is 17.2 Å².